The lowest BCUT2D eigenvalue weighted by molar-refractivity contribution is -0.384. The maximum Gasteiger partial charge on any atom is 0.270 e. The van der Waals surface area contributed by atoms with Crippen molar-refractivity contribution in [3.05, 3.63) is 80.6 Å². The number of aryl methyl sites for hydroxylation is 1. The summed E-state index contributed by atoms with van der Waals surface area (Å²) in [5.74, 6) is -1.60. The first-order valence-electron chi connectivity index (χ1n) is 7.39. The van der Waals surface area contributed by atoms with Gasteiger partial charge in [-0.3, -0.25) is 10.1 Å². The van der Waals surface area contributed by atoms with E-state index in [0.29, 0.717) is 27.5 Å². The maximum atomic E-state index is 13.9. The minimum atomic E-state index is -0.874. The Morgan fingerprint density at radius 2 is 1.81 bits per heavy atom. The Balaban J connectivity index is 2.13. The summed E-state index contributed by atoms with van der Waals surface area (Å²) in [4.78, 5) is 14.8. The zero-order valence-electron chi connectivity index (χ0n) is 13.4. The van der Waals surface area contributed by atoms with E-state index in [4.69, 9.17) is 4.74 Å². The summed E-state index contributed by atoms with van der Waals surface area (Å²) in [5.41, 5.74) is 1.53. The molecule has 5 nitrogen and oxygen atoms in total. The zero-order valence-corrected chi connectivity index (χ0v) is 15.0. The van der Waals surface area contributed by atoms with Crippen LogP contribution >= 0.6 is 15.9 Å². The van der Waals surface area contributed by atoms with Gasteiger partial charge in [0.15, 0.2) is 11.6 Å². The van der Waals surface area contributed by atoms with E-state index < -0.39 is 16.6 Å². The molecule has 132 valence electrons. The fraction of sp³-hybridized carbons (Fsp3) is 0.0556. The topological polar surface area (TPSA) is 65.3 Å². The molecule has 0 aliphatic heterocycles. The van der Waals surface area contributed by atoms with Crippen molar-refractivity contribution in [1.29, 1.82) is 0 Å². The third kappa shape index (κ3) is 3.85. The number of nitro groups is 1. The Hall–Kier alpha value is -2.87. The highest BCUT2D eigenvalue weighted by atomic mass is 79.9. The van der Waals surface area contributed by atoms with Crippen molar-refractivity contribution in [1.82, 2.24) is 4.98 Å². The highest BCUT2D eigenvalue weighted by Gasteiger charge is 2.16. The minimum Gasteiger partial charge on any atom is -0.454 e. The molecule has 0 bridgehead atoms. The van der Waals surface area contributed by atoms with Crippen LogP contribution in [0.1, 0.15) is 5.69 Å². The molecule has 0 N–H and O–H groups in total. The third-order valence-corrected chi connectivity index (χ3v) is 3.93. The lowest BCUT2D eigenvalue weighted by Crippen LogP contribution is -1.95. The number of benzene rings is 2. The SMILES string of the molecule is Cc1cc(-c2cc([N+](=O)[O-])ccc2Oc2ccc(F)cc2F)cc(Br)n1. The fourth-order valence-electron chi connectivity index (χ4n) is 2.41. The number of halogens is 3. The van der Waals surface area contributed by atoms with E-state index in [1.165, 1.54) is 18.2 Å². The summed E-state index contributed by atoms with van der Waals surface area (Å²) in [5, 5.41) is 11.1. The van der Waals surface area contributed by atoms with Crippen LogP contribution in [0, 0.1) is 28.7 Å². The van der Waals surface area contributed by atoms with E-state index in [0.717, 1.165) is 12.1 Å². The molecule has 0 aliphatic carbocycles. The second kappa shape index (κ2) is 7.17. The Morgan fingerprint density at radius 1 is 1.08 bits per heavy atom. The van der Waals surface area contributed by atoms with E-state index >= 15 is 0 Å². The van der Waals surface area contributed by atoms with Gasteiger partial charge in [-0.1, -0.05) is 0 Å². The maximum absolute atomic E-state index is 13.9. The van der Waals surface area contributed by atoms with Gasteiger partial charge in [0.05, 0.1) is 4.92 Å². The van der Waals surface area contributed by atoms with Gasteiger partial charge in [0.2, 0.25) is 0 Å². The Labute approximate surface area is 155 Å². The van der Waals surface area contributed by atoms with Crippen LogP contribution in [0.25, 0.3) is 11.1 Å². The summed E-state index contributed by atoms with van der Waals surface area (Å²) in [6, 6.07) is 10.3. The lowest BCUT2D eigenvalue weighted by Gasteiger charge is -2.13. The van der Waals surface area contributed by atoms with Crippen molar-refractivity contribution in [2.45, 2.75) is 6.92 Å². The van der Waals surface area contributed by atoms with E-state index in [2.05, 4.69) is 20.9 Å². The Kier molecular flexibility index (Phi) is 4.94. The first-order valence-corrected chi connectivity index (χ1v) is 8.18. The zero-order chi connectivity index (χ0) is 18.8. The molecule has 0 unspecified atom stereocenters. The number of aromatic nitrogens is 1. The summed E-state index contributed by atoms with van der Waals surface area (Å²) in [6.07, 6.45) is 0. The van der Waals surface area contributed by atoms with E-state index in [1.807, 2.05) is 0 Å². The van der Waals surface area contributed by atoms with Crippen molar-refractivity contribution in [3.8, 4) is 22.6 Å². The van der Waals surface area contributed by atoms with Gasteiger partial charge in [-0.15, -0.1) is 0 Å². The largest absolute Gasteiger partial charge is 0.454 e. The monoisotopic (exact) mass is 420 g/mol. The highest BCUT2D eigenvalue weighted by Crippen LogP contribution is 2.37. The molecule has 0 fully saturated rings. The number of hydrogen-bond acceptors (Lipinski definition) is 4. The average molecular weight is 421 g/mol. The second-order valence-corrected chi connectivity index (χ2v) is 6.25. The first-order chi connectivity index (χ1) is 12.3. The molecule has 2 aromatic carbocycles. The van der Waals surface area contributed by atoms with E-state index in [-0.39, 0.29) is 17.2 Å². The third-order valence-electron chi connectivity index (χ3n) is 3.52. The van der Waals surface area contributed by atoms with Gasteiger partial charge in [0.1, 0.15) is 16.2 Å². The molecule has 3 aromatic rings. The molecular weight excluding hydrogens is 410 g/mol. The van der Waals surface area contributed by atoms with Crippen LogP contribution < -0.4 is 4.74 Å². The lowest BCUT2D eigenvalue weighted by atomic mass is 10.0. The summed E-state index contributed by atoms with van der Waals surface area (Å²) in [6.45, 7) is 1.77. The molecule has 0 atom stereocenters. The minimum absolute atomic E-state index is 0.141. The van der Waals surface area contributed by atoms with Crippen molar-refractivity contribution >= 4 is 21.6 Å². The fourth-order valence-corrected chi connectivity index (χ4v) is 2.93. The Morgan fingerprint density at radius 3 is 2.46 bits per heavy atom. The quantitative estimate of drug-likeness (QED) is 0.304. The van der Waals surface area contributed by atoms with Gasteiger partial charge in [0.25, 0.3) is 5.69 Å². The molecule has 0 amide bonds. The summed E-state index contributed by atoms with van der Waals surface area (Å²) in [7, 11) is 0. The molecular formula is C18H11BrF2N2O3. The van der Waals surface area contributed by atoms with Crippen LogP contribution in [0.2, 0.25) is 0 Å². The summed E-state index contributed by atoms with van der Waals surface area (Å²) < 4.78 is 33.1. The van der Waals surface area contributed by atoms with Crippen LogP contribution in [-0.2, 0) is 0 Å². The number of ether oxygens (including phenoxy) is 1. The smallest absolute Gasteiger partial charge is 0.270 e. The molecule has 0 saturated carbocycles. The van der Waals surface area contributed by atoms with Crippen LogP contribution in [0.5, 0.6) is 11.5 Å². The standard InChI is InChI=1S/C18H11BrF2N2O3/c1-10-6-11(7-18(19)22-10)14-9-13(23(24)25)3-5-16(14)26-17-4-2-12(20)8-15(17)21/h2-9H,1H3. The molecule has 26 heavy (non-hydrogen) atoms. The normalized spacial score (nSPS) is 10.6. The molecule has 0 radical (unpaired) electrons. The van der Waals surface area contributed by atoms with Crippen molar-refractivity contribution in [2.75, 3.05) is 0 Å². The molecule has 3 rings (SSSR count). The number of hydrogen-bond donors (Lipinski definition) is 0. The first kappa shape index (κ1) is 17.9. The molecule has 0 saturated heterocycles. The molecule has 1 heterocycles. The number of rotatable bonds is 4. The van der Waals surface area contributed by atoms with Gasteiger partial charge in [-0.05, 0) is 58.7 Å². The van der Waals surface area contributed by atoms with Gasteiger partial charge >= 0.3 is 0 Å². The summed E-state index contributed by atoms with van der Waals surface area (Å²) >= 11 is 3.28. The highest BCUT2D eigenvalue weighted by molar-refractivity contribution is 9.10. The van der Waals surface area contributed by atoms with Gasteiger partial charge in [-0.2, -0.15) is 0 Å². The van der Waals surface area contributed by atoms with Gasteiger partial charge in [-0.25, -0.2) is 13.8 Å². The molecule has 8 heteroatoms. The second-order valence-electron chi connectivity index (χ2n) is 5.43. The average Bonchev–Trinajstić information content (AvgIpc) is 2.56. The number of nitrogens with zero attached hydrogens (tertiary/aromatic N) is 2. The van der Waals surface area contributed by atoms with Crippen LogP contribution in [0.4, 0.5) is 14.5 Å². The number of non-ortho nitro benzene ring substituents is 1. The van der Waals surface area contributed by atoms with Crippen molar-refractivity contribution < 1.29 is 18.4 Å². The predicted molar refractivity (Wildman–Crippen MR) is 95.2 cm³/mol. The van der Waals surface area contributed by atoms with Crippen molar-refractivity contribution in [2.24, 2.45) is 0 Å². The Bertz CT molecular complexity index is 991. The number of pyridine rings is 1. The van der Waals surface area contributed by atoms with Crippen LogP contribution in [-0.4, -0.2) is 9.91 Å². The molecule has 0 aliphatic rings. The van der Waals surface area contributed by atoms with E-state index in [1.54, 1.807) is 19.1 Å². The molecule has 0 spiro atoms. The van der Waals surface area contributed by atoms with Gasteiger partial charge < -0.3 is 4.74 Å². The van der Waals surface area contributed by atoms with Crippen molar-refractivity contribution in [3.63, 3.8) is 0 Å². The molecule has 1 aromatic heterocycles. The number of nitro benzene ring substituents is 1. The van der Waals surface area contributed by atoms with E-state index in [9.17, 15) is 18.9 Å². The van der Waals surface area contributed by atoms with Gasteiger partial charge in [0, 0.05) is 29.5 Å². The van der Waals surface area contributed by atoms with Crippen LogP contribution in [0.15, 0.2) is 53.1 Å². The van der Waals surface area contributed by atoms with Crippen LogP contribution in [0.3, 0.4) is 0 Å². The predicted octanol–water partition coefficient (Wildman–Crippen LogP) is 5.80.